The van der Waals surface area contributed by atoms with Crippen LogP contribution in [-0.2, 0) is 24.5 Å². The smallest absolute Gasteiger partial charge is 0.421 e. The van der Waals surface area contributed by atoms with E-state index in [9.17, 15) is 24.9 Å². The molecule has 2 amide bonds. The predicted octanol–water partition coefficient (Wildman–Crippen LogP) is 4.33. The van der Waals surface area contributed by atoms with Gasteiger partial charge in [-0.25, -0.2) is 14.5 Å². The van der Waals surface area contributed by atoms with Gasteiger partial charge in [0.2, 0.25) is 0 Å². The van der Waals surface area contributed by atoms with Gasteiger partial charge in [0.25, 0.3) is 5.91 Å². The van der Waals surface area contributed by atoms with E-state index in [2.05, 4.69) is 6.58 Å². The van der Waals surface area contributed by atoms with Crippen molar-refractivity contribution in [3.63, 3.8) is 0 Å². The van der Waals surface area contributed by atoms with Gasteiger partial charge in [0.15, 0.2) is 0 Å². The van der Waals surface area contributed by atoms with Gasteiger partial charge in [-0.15, -0.1) is 0 Å². The number of nitriles is 2. The average molecular weight is 450 g/mol. The fourth-order valence-electron chi connectivity index (χ4n) is 4.28. The van der Waals surface area contributed by atoms with Crippen LogP contribution < -0.4 is 4.90 Å². The Morgan fingerprint density at radius 3 is 2.27 bits per heavy atom. The van der Waals surface area contributed by atoms with Gasteiger partial charge in [-0.3, -0.25) is 4.79 Å². The van der Waals surface area contributed by atoms with Gasteiger partial charge in [0, 0.05) is 5.92 Å². The largest absolute Gasteiger partial charge is 0.466 e. The number of para-hydroxylation sites is 1. The highest BCUT2D eigenvalue weighted by molar-refractivity contribution is 6.25. The first-order chi connectivity index (χ1) is 15.4. The van der Waals surface area contributed by atoms with Crippen LogP contribution in [0.25, 0.3) is 0 Å². The number of amides is 2. The summed E-state index contributed by atoms with van der Waals surface area (Å²) < 4.78 is 10.4. The molecule has 0 radical (unpaired) electrons. The zero-order valence-electron chi connectivity index (χ0n) is 19.7. The second-order valence-corrected chi connectivity index (χ2v) is 8.62. The van der Waals surface area contributed by atoms with E-state index in [1.165, 1.54) is 0 Å². The highest BCUT2D eigenvalue weighted by Gasteiger charge is 2.60. The maximum absolute atomic E-state index is 14.1. The molecular formula is C25H27N3O5. The lowest BCUT2D eigenvalue weighted by atomic mass is 9.63. The van der Waals surface area contributed by atoms with Crippen molar-refractivity contribution in [2.75, 3.05) is 12.0 Å². The molecule has 0 saturated heterocycles. The van der Waals surface area contributed by atoms with E-state index >= 15 is 0 Å². The number of methoxy groups -OCH3 is 1. The summed E-state index contributed by atoms with van der Waals surface area (Å²) >= 11 is 0. The van der Waals surface area contributed by atoms with Crippen LogP contribution >= 0.6 is 0 Å². The molecule has 1 aliphatic rings. The molecule has 1 aromatic carbocycles. The number of carbonyl (C=O) groups excluding carboxylic acids is 3. The lowest BCUT2D eigenvalue weighted by molar-refractivity contribution is -0.139. The summed E-state index contributed by atoms with van der Waals surface area (Å²) in [5, 5.41) is 19.0. The Kier molecular flexibility index (Phi) is 7.14. The first kappa shape index (κ1) is 25.4. The Bertz CT molecular complexity index is 1110. The predicted molar refractivity (Wildman–Crippen MR) is 121 cm³/mol. The van der Waals surface area contributed by atoms with Gasteiger partial charge in [-0.1, -0.05) is 38.6 Å². The molecule has 0 saturated carbocycles. The molecule has 8 heteroatoms. The fourth-order valence-corrected chi connectivity index (χ4v) is 4.28. The molecule has 0 spiro atoms. The standard InChI is InChI=1S/C25H27N3O5/c1-8-18(17(13-26)14-27)15(2)25(16(3)21(29)32-7)19-11-9-10-12-20(19)28(22(25)30)23(31)33-24(4,5)6/h9-12,15H,3,8H2,1-2,4-7H3/t15?,25-/m1/s1. The number of allylic oxidation sites excluding steroid dienone is 2. The molecule has 1 heterocycles. The Morgan fingerprint density at radius 2 is 1.79 bits per heavy atom. The van der Waals surface area contributed by atoms with Crippen molar-refractivity contribution >= 4 is 23.7 Å². The van der Waals surface area contributed by atoms with Gasteiger partial charge in [0.1, 0.15) is 28.7 Å². The molecule has 2 atom stereocenters. The maximum atomic E-state index is 14.1. The minimum atomic E-state index is -1.79. The second-order valence-electron chi connectivity index (χ2n) is 8.62. The van der Waals surface area contributed by atoms with Crippen LogP contribution in [0.2, 0.25) is 0 Å². The van der Waals surface area contributed by atoms with Crippen LogP contribution in [0.4, 0.5) is 10.5 Å². The molecule has 0 aliphatic carbocycles. The third-order valence-electron chi connectivity index (χ3n) is 5.69. The zero-order chi connectivity index (χ0) is 25.1. The summed E-state index contributed by atoms with van der Waals surface area (Å²) in [7, 11) is 1.16. The number of anilines is 1. The molecule has 0 aromatic heterocycles. The molecule has 1 aromatic rings. The molecular weight excluding hydrogens is 422 g/mol. The van der Waals surface area contributed by atoms with Crippen LogP contribution in [0.1, 0.15) is 46.6 Å². The number of rotatable bonds is 5. The first-order valence-corrected chi connectivity index (χ1v) is 10.4. The monoisotopic (exact) mass is 449 g/mol. The van der Waals surface area contributed by atoms with Crippen molar-refractivity contribution < 1.29 is 23.9 Å². The van der Waals surface area contributed by atoms with E-state index in [1.807, 2.05) is 12.1 Å². The fraction of sp³-hybridized carbons (Fsp3) is 0.400. The van der Waals surface area contributed by atoms with Crippen molar-refractivity contribution in [1.82, 2.24) is 0 Å². The molecule has 1 unspecified atom stereocenters. The van der Waals surface area contributed by atoms with Crippen LogP contribution in [-0.4, -0.2) is 30.7 Å². The summed E-state index contributed by atoms with van der Waals surface area (Å²) in [6.07, 6.45) is -0.648. The molecule has 2 rings (SSSR count). The number of esters is 1. The van der Waals surface area contributed by atoms with E-state index in [0.717, 1.165) is 12.0 Å². The van der Waals surface area contributed by atoms with Crippen LogP contribution in [0.5, 0.6) is 0 Å². The molecule has 1 aliphatic heterocycles. The van der Waals surface area contributed by atoms with E-state index in [-0.39, 0.29) is 23.3 Å². The number of nitrogens with zero attached hydrogens (tertiary/aromatic N) is 3. The van der Waals surface area contributed by atoms with Crippen LogP contribution in [0.3, 0.4) is 0 Å². The molecule has 0 N–H and O–H groups in total. The summed E-state index contributed by atoms with van der Waals surface area (Å²) in [5.41, 5.74) is -2.11. The van der Waals surface area contributed by atoms with E-state index in [4.69, 9.17) is 9.47 Å². The summed E-state index contributed by atoms with van der Waals surface area (Å²) in [4.78, 5) is 40.8. The van der Waals surface area contributed by atoms with Crippen molar-refractivity contribution in [3.05, 3.63) is 53.1 Å². The zero-order valence-corrected chi connectivity index (χ0v) is 19.7. The number of hydrogen-bond acceptors (Lipinski definition) is 7. The van der Waals surface area contributed by atoms with Gasteiger partial charge in [0.05, 0.1) is 18.4 Å². The SMILES string of the molecule is C=C(C(=O)OC)[C@@]1(C(C)C(CC)=C(C#N)C#N)C(=O)N(C(=O)OC(C)(C)C)c2ccccc21. The second kappa shape index (κ2) is 9.30. The number of imide groups is 1. The number of ether oxygens (including phenoxy) is 2. The number of fused-ring (bicyclic) bond motifs is 1. The number of hydrogen-bond donors (Lipinski definition) is 0. The number of benzene rings is 1. The van der Waals surface area contributed by atoms with E-state index in [1.54, 1.807) is 58.9 Å². The molecule has 33 heavy (non-hydrogen) atoms. The van der Waals surface area contributed by atoms with Gasteiger partial charge < -0.3 is 9.47 Å². The normalized spacial score (nSPS) is 17.8. The van der Waals surface area contributed by atoms with Gasteiger partial charge in [-0.05, 0) is 44.4 Å². The van der Waals surface area contributed by atoms with Gasteiger partial charge in [-0.2, -0.15) is 10.5 Å². The molecule has 0 bridgehead atoms. The quantitative estimate of drug-likeness (QED) is 0.373. The van der Waals surface area contributed by atoms with Crippen molar-refractivity contribution in [3.8, 4) is 12.1 Å². The van der Waals surface area contributed by atoms with E-state index in [0.29, 0.717) is 11.1 Å². The minimum absolute atomic E-state index is 0.164. The van der Waals surface area contributed by atoms with Crippen LogP contribution in [0, 0.1) is 28.6 Å². The lowest BCUT2D eigenvalue weighted by Gasteiger charge is -2.36. The van der Waals surface area contributed by atoms with Crippen molar-refractivity contribution in [2.24, 2.45) is 5.92 Å². The lowest BCUT2D eigenvalue weighted by Crippen LogP contribution is -2.51. The highest BCUT2D eigenvalue weighted by atomic mass is 16.6. The summed E-state index contributed by atoms with van der Waals surface area (Å²) in [5.74, 6) is -2.48. The third-order valence-corrected chi connectivity index (χ3v) is 5.69. The summed E-state index contributed by atoms with van der Waals surface area (Å²) in [6, 6.07) is 10.2. The van der Waals surface area contributed by atoms with Gasteiger partial charge >= 0.3 is 12.1 Å². The topological polar surface area (TPSA) is 120 Å². The highest BCUT2D eigenvalue weighted by Crippen LogP contribution is 2.53. The number of carbonyl (C=O) groups is 3. The third kappa shape index (κ3) is 4.12. The van der Waals surface area contributed by atoms with Crippen LogP contribution in [0.15, 0.2) is 47.6 Å². The Morgan fingerprint density at radius 1 is 1.21 bits per heavy atom. The van der Waals surface area contributed by atoms with E-state index < -0.39 is 34.9 Å². The Labute approximate surface area is 193 Å². The van der Waals surface area contributed by atoms with Crippen molar-refractivity contribution in [1.29, 1.82) is 10.5 Å². The summed E-state index contributed by atoms with van der Waals surface area (Å²) in [6.45, 7) is 12.3. The Hall–Kier alpha value is -3.91. The average Bonchev–Trinajstić information content (AvgIpc) is 3.03. The Balaban J connectivity index is 2.93. The maximum Gasteiger partial charge on any atom is 0.421 e. The molecule has 0 fully saturated rings. The van der Waals surface area contributed by atoms with Crippen molar-refractivity contribution in [2.45, 2.75) is 52.1 Å². The molecule has 8 nitrogen and oxygen atoms in total. The molecule has 172 valence electrons. The first-order valence-electron chi connectivity index (χ1n) is 10.4. The minimum Gasteiger partial charge on any atom is -0.466 e.